The molecule has 0 saturated heterocycles. The molecule has 4 rings (SSSR count). The molecule has 28 heavy (non-hydrogen) atoms. The van der Waals surface area contributed by atoms with Crippen LogP contribution in [0.15, 0.2) is 60.7 Å². The molecule has 0 bridgehead atoms. The molecule has 1 aliphatic rings. The monoisotopic (exact) mass is 369 g/mol. The number of fused-ring (bicyclic) bond motifs is 1. The largest absolute Gasteiger partial charge is 0.493 e. The van der Waals surface area contributed by atoms with Gasteiger partial charge in [0.25, 0.3) is 0 Å². The number of methoxy groups -OCH3 is 1. The molecule has 0 aromatic heterocycles. The van der Waals surface area contributed by atoms with Gasteiger partial charge in [-0.05, 0) is 71.9 Å². The van der Waals surface area contributed by atoms with E-state index in [1.807, 2.05) is 42.5 Å². The summed E-state index contributed by atoms with van der Waals surface area (Å²) in [6.45, 7) is 0. The van der Waals surface area contributed by atoms with Crippen molar-refractivity contribution in [2.24, 2.45) is 0 Å². The molecule has 3 aromatic carbocycles. The van der Waals surface area contributed by atoms with Gasteiger partial charge in [0, 0.05) is 0 Å². The van der Waals surface area contributed by atoms with Crippen molar-refractivity contribution >= 4 is 22.4 Å². The summed E-state index contributed by atoms with van der Waals surface area (Å²) in [6, 6.07) is 22.5. The first-order chi connectivity index (χ1) is 13.8. The minimum atomic E-state index is 0.254. The number of benzene rings is 3. The molecule has 3 nitrogen and oxygen atoms in total. The van der Waals surface area contributed by atoms with Crippen LogP contribution in [0.5, 0.6) is 11.5 Å². The molecular formula is C25H23NO2. The molecule has 0 heterocycles. The molecule has 0 unspecified atom stereocenters. The Bertz CT molecular complexity index is 1060. The summed E-state index contributed by atoms with van der Waals surface area (Å²) < 4.78 is 11.6. The number of allylic oxidation sites excluding steroid dienone is 1. The molecule has 140 valence electrons. The Morgan fingerprint density at radius 1 is 0.964 bits per heavy atom. The zero-order valence-corrected chi connectivity index (χ0v) is 16.0. The standard InChI is InChI=1S/C25H23NO2/c1-27-24-13-10-18(15-25(24)28-23-8-4-5-9-23)14-22(17-26)21-12-11-19-6-2-3-7-20(19)16-21/h2-3,6-7,10-16,23H,4-5,8-9H2,1H3/b22-14+. The molecule has 3 heteroatoms. The van der Waals surface area contributed by atoms with Crippen molar-refractivity contribution < 1.29 is 9.47 Å². The lowest BCUT2D eigenvalue weighted by atomic mass is 10.00. The lowest BCUT2D eigenvalue weighted by molar-refractivity contribution is 0.201. The topological polar surface area (TPSA) is 42.2 Å². The number of nitriles is 1. The van der Waals surface area contributed by atoms with Crippen LogP contribution >= 0.6 is 0 Å². The van der Waals surface area contributed by atoms with Crippen LogP contribution in [0.2, 0.25) is 0 Å². The van der Waals surface area contributed by atoms with Gasteiger partial charge in [0.05, 0.1) is 24.9 Å². The van der Waals surface area contributed by atoms with Crippen molar-refractivity contribution in [3.8, 4) is 17.6 Å². The lowest BCUT2D eigenvalue weighted by Gasteiger charge is -2.16. The fourth-order valence-electron chi connectivity index (χ4n) is 3.76. The van der Waals surface area contributed by atoms with E-state index in [1.165, 1.54) is 18.2 Å². The molecule has 0 radical (unpaired) electrons. The summed E-state index contributed by atoms with van der Waals surface area (Å²) in [7, 11) is 1.65. The van der Waals surface area contributed by atoms with Gasteiger partial charge in [-0.1, -0.05) is 42.5 Å². The van der Waals surface area contributed by atoms with Crippen molar-refractivity contribution in [2.45, 2.75) is 31.8 Å². The quantitative estimate of drug-likeness (QED) is 0.395. The van der Waals surface area contributed by atoms with Gasteiger partial charge in [-0.2, -0.15) is 5.26 Å². The molecular weight excluding hydrogens is 346 g/mol. The number of rotatable bonds is 5. The molecule has 1 aliphatic carbocycles. The summed E-state index contributed by atoms with van der Waals surface area (Å²) in [5, 5.41) is 12.0. The van der Waals surface area contributed by atoms with Gasteiger partial charge in [-0.15, -0.1) is 0 Å². The highest BCUT2D eigenvalue weighted by Crippen LogP contribution is 2.33. The number of ether oxygens (including phenoxy) is 2. The molecule has 1 saturated carbocycles. The van der Waals surface area contributed by atoms with Crippen LogP contribution < -0.4 is 9.47 Å². The lowest BCUT2D eigenvalue weighted by Crippen LogP contribution is -2.11. The van der Waals surface area contributed by atoms with Crippen molar-refractivity contribution in [3.63, 3.8) is 0 Å². The predicted molar refractivity (Wildman–Crippen MR) is 113 cm³/mol. The molecule has 3 aromatic rings. The van der Waals surface area contributed by atoms with Crippen molar-refractivity contribution in [1.29, 1.82) is 5.26 Å². The zero-order chi connectivity index (χ0) is 19.3. The van der Waals surface area contributed by atoms with Gasteiger partial charge in [0.15, 0.2) is 11.5 Å². The fourth-order valence-corrected chi connectivity index (χ4v) is 3.76. The van der Waals surface area contributed by atoms with Gasteiger partial charge in [-0.3, -0.25) is 0 Å². The molecule has 1 fully saturated rings. The Morgan fingerprint density at radius 3 is 2.50 bits per heavy atom. The van der Waals surface area contributed by atoms with Crippen LogP contribution in [-0.4, -0.2) is 13.2 Å². The van der Waals surface area contributed by atoms with Crippen molar-refractivity contribution in [2.75, 3.05) is 7.11 Å². The van der Waals surface area contributed by atoms with Crippen LogP contribution in [0.1, 0.15) is 36.8 Å². The molecule has 0 amide bonds. The van der Waals surface area contributed by atoms with Crippen molar-refractivity contribution in [3.05, 3.63) is 71.8 Å². The third-order valence-electron chi connectivity index (χ3n) is 5.28. The van der Waals surface area contributed by atoms with Crippen LogP contribution in [0.4, 0.5) is 0 Å². The van der Waals surface area contributed by atoms with E-state index < -0.39 is 0 Å². The van der Waals surface area contributed by atoms with E-state index >= 15 is 0 Å². The first-order valence-electron chi connectivity index (χ1n) is 9.72. The second-order valence-corrected chi connectivity index (χ2v) is 7.17. The SMILES string of the molecule is COc1ccc(/C=C(\C#N)c2ccc3ccccc3c2)cc1OC1CCCC1. The van der Waals surface area contributed by atoms with E-state index in [1.54, 1.807) is 7.11 Å². The summed E-state index contributed by atoms with van der Waals surface area (Å²) in [4.78, 5) is 0. The van der Waals surface area contributed by atoms with E-state index in [9.17, 15) is 5.26 Å². The maximum atomic E-state index is 9.74. The van der Waals surface area contributed by atoms with Gasteiger partial charge < -0.3 is 9.47 Å². The van der Waals surface area contributed by atoms with Gasteiger partial charge in [0.2, 0.25) is 0 Å². The highest BCUT2D eigenvalue weighted by molar-refractivity contribution is 5.94. The maximum Gasteiger partial charge on any atom is 0.162 e. The maximum absolute atomic E-state index is 9.74. The summed E-state index contributed by atoms with van der Waals surface area (Å²) in [6.07, 6.45) is 6.77. The first kappa shape index (κ1) is 18.1. The Hall–Kier alpha value is -3.25. The Balaban J connectivity index is 1.67. The number of hydrogen-bond acceptors (Lipinski definition) is 3. The molecule has 0 atom stereocenters. The highest BCUT2D eigenvalue weighted by atomic mass is 16.5. The first-order valence-corrected chi connectivity index (χ1v) is 9.72. The van der Waals surface area contributed by atoms with E-state index in [4.69, 9.17) is 9.47 Å². The average Bonchev–Trinajstić information content (AvgIpc) is 3.25. The number of hydrogen-bond donors (Lipinski definition) is 0. The summed E-state index contributed by atoms with van der Waals surface area (Å²) >= 11 is 0. The third kappa shape index (κ3) is 3.87. The smallest absolute Gasteiger partial charge is 0.162 e. The Kier molecular flexibility index (Phi) is 5.30. The second-order valence-electron chi connectivity index (χ2n) is 7.17. The van der Waals surface area contributed by atoms with Gasteiger partial charge in [-0.25, -0.2) is 0 Å². The fraction of sp³-hybridized carbons (Fsp3) is 0.240. The third-order valence-corrected chi connectivity index (χ3v) is 5.28. The van der Waals surface area contributed by atoms with E-state index in [0.717, 1.165) is 40.9 Å². The summed E-state index contributed by atoms with van der Waals surface area (Å²) in [5.74, 6) is 1.48. The molecule has 0 spiro atoms. The molecule has 0 aliphatic heterocycles. The van der Waals surface area contributed by atoms with E-state index in [-0.39, 0.29) is 6.10 Å². The van der Waals surface area contributed by atoms with E-state index in [0.29, 0.717) is 5.57 Å². The van der Waals surface area contributed by atoms with Gasteiger partial charge in [0.1, 0.15) is 0 Å². The summed E-state index contributed by atoms with van der Waals surface area (Å²) in [5.41, 5.74) is 2.47. The van der Waals surface area contributed by atoms with Gasteiger partial charge >= 0.3 is 0 Å². The average molecular weight is 369 g/mol. The zero-order valence-electron chi connectivity index (χ0n) is 16.0. The van der Waals surface area contributed by atoms with Crippen molar-refractivity contribution in [1.82, 2.24) is 0 Å². The second kappa shape index (κ2) is 8.19. The van der Waals surface area contributed by atoms with Crippen LogP contribution in [-0.2, 0) is 0 Å². The van der Waals surface area contributed by atoms with Crippen LogP contribution in [0, 0.1) is 11.3 Å². The highest BCUT2D eigenvalue weighted by Gasteiger charge is 2.18. The van der Waals surface area contributed by atoms with Crippen LogP contribution in [0.25, 0.3) is 22.4 Å². The normalized spacial score (nSPS) is 14.8. The minimum absolute atomic E-state index is 0.254. The minimum Gasteiger partial charge on any atom is -0.493 e. The van der Waals surface area contributed by atoms with E-state index in [2.05, 4.69) is 30.3 Å². The predicted octanol–water partition coefficient (Wildman–Crippen LogP) is 6.23. The Labute approximate surface area is 165 Å². The Morgan fingerprint density at radius 2 is 1.75 bits per heavy atom. The van der Waals surface area contributed by atoms with Crippen LogP contribution in [0.3, 0.4) is 0 Å². The number of nitrogens with zero attached hydrogens (tertiary/aromatic N) is 1. The molecule has 0 N–H and O–H groups in total.